The Bertz CT molecular complexity index is 62.6. The van der Waals surface area contributed by atoms with E-state index in [0.29, 0.717) is 5.41 Å². The van der Waals surface area contributed by atoms with Crippen molar-refractivity contribution in [3.8, 4) is 0 Å². The Kier molecular flexibility index (Phi) is 17.3. The second-order valence-electron chi connectivity index (χ2n) is 4.52. The van der Waals surface area contributed by atoms with Crippen LogP contribution in [0.1, 0.15) is 75.2 Å². The first-order valence-electron chi connectivity index (χ1n) is 5.86. The van der Waals surface area contributed by atoms with Crippen LogP contribution in [0.15, 0.2) is 0 Å². The summed E-state index contributed by atoms with van der Waals surface area (Å²) in [4.78, 5) is 0. The molecule has 0 saturated heterocycles. The first-order chi connectivity index (χ1) is 5.86. The molecule has 84 valence electrons. The van der Waals surface area contributed by atoms with Crippen molar-refractivity contribution in [1.82, 2.24) is 0 Å². The fraction of sp³-hybridized carbons (Fsp3) is 1.00. The van der Waals surface area contributed by atoms with Crippen LogP contribution in [0.2, 0.25) is 0 Å². The number of unbranched alkanes of at least 4 members (excludes halogenated alkanes) is 1. The van der Waals surface area contributed by atoms with Crippen LogP contribution in [0.5, 0.6) is 0 Å². The Balaban J connectivity index is -0.000000142. The standard InChI is InChI=1S/C7H16.C4H10.C2H6/c1-6(2)7(3,4)5;1-3-4-2;1-2/h6H,1-5H3;3-4H2,1-2H3;1-2H3. The summed E-state index contributed by atoms with van der Waals surface area (Å²) in [6.45, 7) is 19.6. The Morgan fingerprint density at radius 3 is 1.00 bits per heavy atom. The highest BCUT2D eigenvalue weighted by Crippen LogP contribution is 2.23. The van der Waals surface area contributed by atoms with E-state index in [0.717, 1.165) is 5.92 Å². The lowest BCUT2D eigenvalue weighted by Gasteiger charge is -2.22. The lowest BCUT2D eigenvalue weighted by molar-refractivity contribution is 0.283. The summed E-state index contributed by atoms with van der Waals surface area (Å²) in [5.74, 6) is 0.799. The summed E-state index contributed by atoms with van der Waals surface area (Å²) in [5.41, 5.74) is 0.500. The van der Waals surface area contributed by atoms with Gasteiger partial charge in [0.15, 0.2) is 0 Å². The zero-order valence-corrected chi connectivity index (χ0v) is 11.5. The van der Waals surface area contributed by atoms with Gasteiger partial charge in [0.05, 0.1) is 0 Å². The van der Waals surface area contributed by atoms with Gasteiger partial charge in [0.25, 0.3) is 0 Å². The molecule has 0 heterocycles. The molecule has 0 aromatic rings. The highest BCUT2D eigenvalue weighted by atomic mass is 14.2. The smallest absolute Gasteiger partial charge is 0.0360 e. The quantitative estimate of drug-likeness (QED) is 0.508. The van der Waals surface area contributed by atoms with Gasteiger partial charge in [-0.2, -0.15) is 0 Å². The molecule has 0 fully saturated rings. The summed E-state index contributed by atoms with van der Waals surface area (Å²) in [6, 6.07) is 0. The Hall–Kier alpha value is 0. The van der Waals surface area contributed by atoms with Gasteiger partial charge in [-0.05, 0) is 11.3 Å². The molecule has 0 amide bonds. The maximum Gasteiger partial charge on any atom is -0.0360 e. The van der Waals surface area contributed by atoms with E-state index < -0.39 is 0 Å². The Morgan fingerprint density at radius 1 is 0.846 bits per heavy atom. The normalized spacial score (nSPS) is 9.69. The molecule has 0 aliphatic carbocycles. The van der Waals surface area contributed by atoms with Crippen molar-refractivity contribution in [2.24, 2.45) is 11.3 Å². The van der Waals surface area contributed by atoms with Crippen LogP contribution in [0.25, 0.3) is 0 Å². The van der Waals surface area contributed by atoms with Gasteiger partial charge in [0.1, 0.15) is 0 Å². The SMILES string of the molecule is CC.CC(C)C(C)(C)C.CCCC. The average molecular weight is 188 g/mol. The maximum absolute atomic E-state index is 2.26. The molecule has 13 heavy (non-hydrogen) atoms. The first-order valence-corrected chi connectivity index (χ1v) is 5.86. The topological polar surface area (TPSA) is 0 Å². The molecule has 0 saturated carbocycles. The van der Waals surface area contributed by atoms with Gasteiger partial charge in [-0.1, -0.05) is 75.2 Å². The van der Waals surface area contributed by atoms with Gasteiger partial charge in [0.2, 0.25) is 0 Å². The van der Waals surface area contributed by atoms with E-state index in [1.54, 1.807) is 0 Å². The molecule has 0 bridgehead atoms. The monoisotopic (exact) mass is 188 g/mol. The van der Waals surface area contributed by atoms with Crippen LogP contribution in [-0.4, -0.2) is 0 Å². The van der Waals surface area contributed by atoms with E-state index in [2.05, 4.69) is 48.5 Å². The largest absolute Gasteiger partial charge is 0.0683 e. The minimum Gasteiger partial charge on any atom is -0.0683 e. The van der Waals surface area contributed by atoms with Gasteiger partial charge in [-0.25, -0.2) is 0 Å². The zero-order chi connectivity index (χ0) is 11.5. The minimum absolute atomic E-state index is 0.500. The molecule has 0 radical (unpaired) electrons. The van der Waals surface area contributed by atoms with Crippen molar-refractivity contribution in [3.05, 3.63) is 0 Å². The third kappa shape index (κ3) is 24.5. The van der Waals surface area contributed by atoms with Crippen molar-refractivity contribution >= 4 is 0 Å². The molecule has 0 aromatic carbocycles. The first kappa shape index (κ1) is 18.7. The van der Waals surface area contributed by atoms with E-state index in [9.17, 15) is 0 Å². The molecule has 0 aliphatic rings. The van der Waals surface area contributed by atoms with Crippen LogP contribution in [-0.2, 0) is 0 Å². The highest BCUT2D eigenvalue weighted by molar-refractivity contribution is 4.64. The fourth-order valence-corrected chi connectivity index (χ4v) is 0. The summed E-state index contributed by atoms with van der Waals surface area (Å²) in [6.07, 6.45) is 2.64. The summed E-state index contributed by atoms with van der Waals surface area (Å²) in [5, 5.41) is 0. The molecule has 0 aromatic heterocycles. The molecule has 0 nitrogen and oxygen atoms in total. The highest BCUT2D eigenvalue weighted by Gasteiger charge is 2.13. The van der Waals surface area contributed by atoms with Crippen LogP contribution < -0.4 is 0 Å². The van der Waals surface area contributed by atoms with Gasteiger partial charge in [-0.15, -0.1) is 0 Å². The van der Waals surface area contributed by atoms with E-state index >= 15 is 0 Å². The maximum atomic E-state index is 2.26. The van der Waals surface area contributed by atoms with Gasteiger partial charge in [0, 0.05) is 0 Å². The van der Waals surface area contributed by atoms with E-state index in [1.165, 1.54) is 12.8 Å². The number of rotatable bonds is 1. The number of hydrogen-bond acceptors (Lipinski definition) is 0. The van der Waals surface area contributed by atoms with Gasteiger partial charge < -0.3 is 0 Å². The molecule has 0 atom stereocenters. The molecule has 0 heteroatoms. The van der Waals surface area contributed by atoms with Crippen LogP contribution in [0, 0.1) is 11.3 Å². The van der Waals surface area contributed by atoms with Crippen molar-refractivity contribution in [1.29, 1.82) is 0 Å². The van der Waals surface area contributed by atoms with E-state index in [4.69, 9.17) is 0 Å². The molecule has 0 unspecified atom stereocenters. The summed E-state index contributed by atoms with van der Waals surface area (Å²) < 4.78 is 0. The molecule has 0 N–H and O–H groups in total. The Morgan fingerprint density at radius 2 is 1.00 bits per heavy atom. The molecule has 0 spiro atoms. The second-order valence-corrected chi connectivity index (χ2v) is 4.52. The predicted octanol–water partition coefficient (Wildman–Crippen LogP) is 5.52. The minimum atomic E-state index is 0.500. The van der Waals surface area contributed by atoms with Crippen LogP contribution >= 0.6 is 0 Å². The average Bonchev–Trinajstić information content (AvgIpc) is 2.07. The van der Waals surface area contributed by atoms with Crippen LogP contribution in [0.3, 0.4) is 0 Å². The molecule has 0 rings (SSSR count). The third-order valence-electron chi connectivity index (χ3n) is 2.23. The molecular weight excluding hydrogens is 156 g/mol. The second kappa shape index (κ2) is 12.0. The van der Waals surface area contributed by atoms with Crippen molar-refractivity contribution in [2.45, 2.75) is 75.2 Å². The lowest BCUT2D eigenvalue weighted by atomic mass is 9.84. The van der Waals surface area contributed by atoms with E-state index in [1.807, 2.05) is 13.8 Å². The molecular formula is C13H32. The van der Waals surface area contributed by atoms with Crippen molar-refractivity contribution in [2.75, 3.05) is 0 Å². The van der Waals surface area contributed by atoms with Crippen molar-refractivity contribution in [3.63, 3.8) is 0 Å². The van der Waals surface area contributed by atoms with Crippen LogP contribution in [0.4, 0.5) is 0 Å². The predicted molar refractivity (Wildman–Crippen MR) is 66.2 cm³/mol. The summed E-state index contributed by atoms with van der Waals surface area (Å²) in [7, 11) is 0. The van der Waals surface area contributed by atoms with E-state index in [-0.39, 0.29) is 0 Å². The summed E-state index contributed by atoms with van der Waals surface area (Å²) >= 11 is 0. The third-order valence-corrected chi connectivity index (χ3v) is 2.23. The van der Waals surface area contributed by atoms with Gasteiger partial charge >= 0.3 is 0 Å². The fourth-order valence-electron chi connectivity index (χ4n) is 0. The Labute approximate surface area is 87.1 Å². The number of hydrogen-bond donors (Lipinski definition) is 0. The van der Waals surface area contributed by atoms with Crippen molar-refractivity contribution < 1.29 is 0 Å². The van der Waals surface area contributed by atoms with Gasteiger partial charge in [-0.3, -0.25) is 0 Å². The lowest BCUT2D eigenvalue weighted by Crippen LogP contribution is -2.12. The molecule has 0 aliphatic heterocycles. The zero-order valence-electron chi connectivity index (χ0n) is 11.5.